The summed E-state index contributed by atoms with van der Waals surface area (Å²) in [5, 5.41) is 2.44. The average Bonchev–Trinajstić information content (AvgIpc) is 1.85. The van der Waals surface area contributed by atoms with Crippen LogP contribution < -0.4 is 5.32 Å². The van der Waals surface area contributed by atoms with Gasteiger partial charge in [0, 0.05) is 12.6 Å². The zero-order valence-electron chi connectivity index (χ0n) is 6.02. The Bertz CT molecular complexity index is 273. The number of carbonyl (C=O) groups is 1. The standard InChI is InChI=1S/C8H7FNO/c1-6(11)10-8-4-2-3-7(9)5-8/h3-5H,1H3,(H,10,11). The van der Waals surface area contributed by atoms with E-state index in [0.717, 1.165) is 0 Å². The van der Waals surface area contributed by atoms with E-state index in [1.165, 1.54) is 25.1 Å². The van der Waals surface area contributed by atoms with E-state index in [1.807, 2.05) is 0 Å². The van der Waals surface area contributed by atoms with E-state index in [9.17, 15) is 9.18 Å². The topological polar surface area (TPSA) is 29.1 Å². The molecule has 0 bridgehead atoms. The summed E-state index contributed by atoms with van der Waals surface area (Å²) in [5.74, 6) is -0.625. The summed E-state index contributed by atoms with van der Waals surface area (Å²) in [6.07, 6.45) is 0. The van der Waals surface area contributed by atoms with E-state index >= 15 is 0 Å². The lowest BCUT2D eigenvalue weighted by molar-refractivity contribution is -0.114. The fourth-order valence-corrected chi connectivity index (χ4v) is 0.718. The highest BCUT2D eigenvalue weighted by molar-refractivity contribution is 5.88. The Morgan fingerprint density at radius 2 is 2.36 bits per heavy atom. The number of hydrogen-bond acceptors (Lipinski definition) is 1. The zero-order valence-corrected chi connectivity index (χ0v) is 6.02. The van der Waals surface area contributed by atoms with Crippen molar-refractivity contribution in [2.45, 2.75) is 6.92 Å². The summed E-state index contributed by atoms with van der Waals surface area (Å²) in [5.41, 5.74) is 0.428. The van der Waals surface area contributed by atoms with Gasteiger partial charge in [-0.15, -0.1) is 0 Å². The van der Waals surface area contributed by atoms with Crippen molar-refractivity contribution >= 4 is 11.6 Å². The minimum atomic E-state index is -0.406. The van der Waals surface area contributed by atoms with Crippen LogP contribution in [0.3, 0.4) is 0 Å². The van der Waals surface area contributed by atoms with Crippen LogP contribution in [0.15, 0.2) is 18.2 Å². The van der Waals surface area contributed by atoms with Crippen molar-refractivity contribution in [1.29, 1.82) is 0 Å². The van der Waals surface area contributed by atoms with Gasteiger partial charge in [-0.3, -0.25) is 4.79 Å². The van der Waals surface area contributed by atoms with Gasteiger partial charge in [0.05, 0.1) is 0 Å². The number of hydrogen-bond donors (Lipinski definition) is 1. The monoisotopic (exact) mass is 152 g/mol. The third-order valence-electron chi connectivity index (χ3n) is 1.07. The number of rotatable bonds is 1. The van der Waals surface area contributed by atoms with E-state index in [-0.39, 0.29) is 5.91 Å². The van der Waals surface area contributed by atoms with E-state index in [1.54, 1.807) is 0 Å². The molecule has 0 aliphatic heterocycles. The Morgan fingerprint density at radius 1 is 1.64 bits per heavy atom. The maximum absolute atomic E-state index is 12.4. The van der Waals surface area contributed by atoms with Crippen molar-refractivity contribution in [3.05, 3.63) is 30.1 Å². The highest BCUT2D eigenvalue weighted by Crippen LogP contribution is 2.07. The van der Waals surface area contributed by atoms with Gasteiger partial charge in [-0.2, -0.15) is 0 Å². The van der Waals surface area contributed by atoms with Crippen LogP contribution in [0.25, 0.3) is 0 Å². The van der Waals surface area contributed by atoms with Crippen LogP contribution in [0.4, 0.5) is 10.1 Å². The van der Waals surface area contributed by atoms with Crippen LogP contribution in [0.5, 0.6) is 0 Å². The number of anilines is 1. The van der Waals surface area contributed by atoms with Crippen LogP contribution in [0, 0.1) is 11.9 Å². The van der Waals surface area contributed by atoms with Gasteiger partial charge in [-0.05, 0) is 24.3 Å². The number of carbonyl (C=O) groups excluding carboxylic acids is 1. The van der Waals surface area contributed by atoms with Crippen molar-refractivity contribution in [2.75, 3.05) is 5.32 Å². The third-order valence-corrected chi connectivity index (χ3v) is 1.07. The van der Waals surface area contributed by atoms with Crippen LogP contribution in [0.1, 0.15) is 6.92 Å². The first kappa shape index (κ1) is 7.72. The van der Waals surface area contributed by atoms with E-state index < -0.39 is 5.82 Å². The molecule has 1 amide bonds. The van der Waals surface area contributed by atoms with Crippen LogP contribution >= 0.6 is 0 Å². The van der Waals surface area contributed by atoms with Crippen LogP contribution in [-0.4, -0.2) is 5.91 Å². The number of benzene rings is 1. The Labute approximate surface area is 64.0 Å². The molecular weight excluding hydrogens is 145 g/mol. The summed E-state index contributed by atoms with van der Waals surface area (Å²) in [7, 11) is 0. The van der Waals surface area contributed by atoms with Gasteiger partial charge in [-0.25, -0.2) is 4.39 Å². The summed E-state index contributed by atoms with van der Waals surface area (Å²) in [4.78, 5) is 10.5. The molecule has 0 heterocycles. The predicted octanol–water partition coefficient (Wildman–Crippen LogP) is 1.58. The number of nitrogens with one attached hydrogen (secondary N) is 1. The van der Waals surface area contributed by atoms with E-state index in [4.69, 9.17) is 0 Å². The lowest BCUT2D eigenvalue weighted by Crippen LogP contribution is -2.05. The van der Waals surface area contributed by atoms with Gasteiger partial charge in [0.15, 0.2) is 0 Å². The molecule has 1 radical (unpaired) electrons. The second-order valence-corrected chi connectivity index (χ2v) is 2.12. The van der Waals surface area contributed by atoms with Crippen molar-refractivity contribution < 1.29 is 9.18 Å². The van der Waals surface area contributed by atoms with Crippen molar-refractivity contribution in [2.24, 2.45) is 0 Å². The van der Waals surface area contributed by atoms with Crippen LogP contribution in [0.2, 0.25) is 0 Å². The Morgan fingerprint density at radius 3 is 2.91 bits per heavy atom. The van der Waals surface area contributed by atoms with Crippen molar-refractivity contribution in [3.8, 4) is 0 Å². The summed E-state index contributed by atoms with van der Waals surface area (Å²) in [6, 6.07) is 6.48. The van der Waals surface area contributed by atoms with Crippen molar-refractivity contribution in [1.82, 2.24) is 0 Å². The molecule has 0 atom stereocenters. The lowest BCUT2D eigenvalue weighted by atomic mass is 10.3. The maximum Gasteiger partial charge on any atom is 0.221 e. The molecule has 0 unspecified atom stereocenters. The SMILES string of the molecule is CC(=O)Nc1c[c]cc(F)c1. The van der Waals surface area contributed by atoms with Gasteiger partial charge in [0.2, 0.25) is 5.91 Å². The van der Waals surface area contributed by atoms with Crippen LogP contribution in [-0.2, 0) is 4.79 Å². The molecule has 0 spiro atoms. The Hall–Kier alpha value is -1.38. The molecule has 0 aromatic heterocycles. The molecule has 1 aromatic carbocycles. The molecule has 57 valence electrons. The molecule has 3 heteroatoms. The molecular formula is C8H7FNO. The molecule has 0 fully saturated rings. The molecule has 11 heavy (non-hydrogen) atoms. The minimum absolute atomic E-state index is 0.219. The second kappa shape index (κ2) is 3.14. The molecule has 0 aliphatic carbocycles. The number of amides is 1. The maximum atomic E-state index is 12.4. The predicted molar refractivity (Wildman–Crippen MR) is 39.5 cm³/mol. The molecule has 0 aliphatic rings. The smallest absolute Gasteiger partial charge is 0.221 e. The molecule has 1 aromatic rings. The highest BCUT2D eigenvalue weighted by Gasteiger charge is 1.95. The zero-order chi connectivity index (χ0) is 8.27. The first-order valence-electron chi connectivity index (χ1n) is 3.13. The largest absolute Gasteiger partial charge is 0.326 e. The third kappa shape index (κ3) is 2.37. The molecule has 1 rings (SSSR count). The van der Waals surface area contributed by atoms with E-state index in [2.05, 4.69) is 11.4 Å². The summed E-state index contributed by atoms with van der Waals surface area (Å²) < 4.78 is 12.4. The minimum Gasteiger partial charge on any atom is -0.326 e. The lowest BCUT2D eigenvalue weighted by Gasteiger charge is -1.99. The first-order chi connectivity index (χ1) is 5.18. The molecule has 0 saturated heterocycles. The second-order valence-electron chi connectivity index (χ2n) is 2.12. The summed E-state index contributed by atoms with van der Waals surface area (Å²) in [6.45, 7) is 1.37. The van der Waals surface area contributed by atoms with Gasteiger partial charge in [0.25, 0.3) is 0 Å². The highest BCUT2D eigenvalue weighted by atomic mass is 19.1. The van der Waals surface area contributed by atoms with E-state index in [0.29, 0.717) is 5.69 Å². The fraction of sp³-hybridized carbons (Fsp3) is 0.125. The van der Waals surface area contributed by atoms with Gasteiger partial charge in [0.1, 0.15) is 5.82 Å². The first-order valence-corrected chi connectivity index (χ1v) is 3.13. The van der Waals surface area contributed by atoms with Gasteiger partial charge >= 0.3 is 0 Å². The summed E-state index contributed by atoms with van der Waals surface area (Å²) >= 11 is 0. The van der Waals surface area contributed by atoms with Gasteiger partial charge in [-0.1, -0.05) is 0 Å². The average molecular weight is 152 g/mol. The normalized spacial score (nSPS) is 9.27. The van der Waals surface area contributed by atoms with Crippen molar-refractivity contribution in [3.63, 3.8) is 0 Å². The fourth-order valence-electron chi connectivity index (χ4n) is 0.718. The molecule has 0 saturated carbocycles. The number of halogens is 1. The Balaban J connectivity index is 2.79. The molecule has 1 N–H and O–H groups in total. The van der Waals surface area contributed by atoms with Gasteiger partial charge < -0.3 is 5.32 Å². The Kier molecular flexibility index (Phi) is 2.21. The molecule has 2 nitrogen and oxygen atoms in total. The quantitative estimate of drug-likeness (QED) is 0.650.